The molecule has 3 aromatic carbocycles. The van der Waals surface area contributed by atoms with Gasteiger partial charge < -0.3 is 0 Å². The SMILES string of the molecule is c1ccc2c(c1)Cc1cc3c(cc1-2)-c1c(ccc2c4ncccc4n4c5cccnc5nc4c12)C3. The molecule has 0 radical (unpaired) electrons. The summed E-state index contributed by atoms with van der Waals surface area (Å²) >= 11 is 0. The van der Waals surface area contributed by atoms with Crippen LogP contribution in [0.1, 0.15) is 22.3 Å². The van der Waals surface area contributed by atoms with Crippen molar-refractivity contribution in [3.63, 3.8) is 0 Å². The first-order valence-corrected chi connectivity index (χ1v) is 12.0. The number of aromatic nitrogens is 4. The highest BCUT2D eigenvalue weighted by molar-refractivity contribution is 6.18. The third kappa shape index (κ3) is 2.15. The lowest BCUT2D eigenvalue weighted by Crippen LogP contribution is -1.95. The van der Waals surface area contributed by atoms with E-state index in [1.807, 2.05) is 24.5 Å². The van der Waals surface area contributed by atoms with Gasteiger partial charge in [-0.25, -0.2) is 9.97 Å². The van der Waals surface area contributed by atoms with Crippen molar-refractivity contribution in [2.75, 3.05) is 0 Å². The Morgan fingerprint density at radius 2 is 1.46 bits per heavy atom. The summed E-state index contributed by atoms with van der Waals surface area (Å²) < 4.78 is 2.24. The minimum absolute atomic E-state index is 0.767. The number of hydrogen-bond acceptors (Lipinski definition) is 3. The van der Waals surface area contributed by atoms with Gasteiger partial charge in [0.15, 0.2) is 5.65 Å². The molecule has 2 aliphatic rings. The number of imidazole rings is 1. The number of benzene rings is 3. The van der Waals surface area contributed by atoms with Gasteiger partial charge in [-0.2, -0.15) is 0 Å². The molecule has 4 heterocycles. The Bertz CT molecular complexity index is 2070. The van der Waals surface area contributed by atoms with Crippen LogP contribution in [0.4, 0.5) is 0 Å². The van der Waals surface area contributed by atoms with Crippen molar-refractivity contribution in [2.45, 2.75) is 12.8 Å². The quantitative estimate of drug-likeness (QED) is 0.243. The summed E-state index contributed by atoms with van der Waals surface area (Å²) in [4.78, 5) is 14.5. The summed E-state index contributed by atoms with van der Waals surface area (Å²) in [6.07, 6.45) is 5.68. The number of hydrogen-bond donors (Lipinski definition) is 0. The van der Waals surface area contributed by atoms with Crippen LogP contribution in [0.5, 0.6) is 0 Å². The lowest BCUT2D eigenvalue weighted by molar-refractivity contribution is 1.21. The molecule has 162 valence electrons. The lowest BCUT2D eigenvalue weighted by atomic mass is 9.94. The smallest absolute Gasteiger partial charge is 0.178 e. The summed E-state index contributed by atoms with van der Waals surface area (Å²) in [5.41, 5.74) is 15.8. The van der Waals surface area contributed by atoms with Gasteiger partial charge in [0.2, 0.25) is 0 Å². The van der Waals surface area contributed by atoms with Crippen molar-refractivity contribution in [2.24, 2.45) is 0 Å². The molecule has 2 aliphatic carbocycles. The fraction of sp³-hybridized carbons (Fsp3) is 0.0645. The zero-order chi connectivity index (χ0) is 22.7. The van der Waals surface area contributed by atoms with Crippen LogP contribution in [0.25, 0.3) is 60.9 Å². The van der Waals surface area contributed by atoms with Crippen LogP contribution < -0.4 is 0 Å². The van der Waals surface area contributed by atoms with Crippen LogP contribution in [-0.4, -0.2) is 19.4 Å². The number of rotatable bonds is 0. The Kier molecular flexibility index (Phi) is 3.11. The minimum Gasteiger partial charge on any atom is -0.288 e. The van der Waals surface area contributed by atoms with Crippen molar-refractivity contribution >= 4 is 38.6 Å². The molecule has 4 aromatic heterocycles. The zero-order valence-corrected chi connectivity index (χ0v) is 18.8. The largest absolute Gasteiger partial charge is 0.288 e. The highest BCUT2D eigenvalue weighted by atomic mass is 15.1. The predicted octanol–water partition coefficient (Wildman–Crippen LogP) is 6.73. The normalized spacial score (nSPS) is 13.5. The highest BCUT2D eigenvalue weighted by Crippen LogP contribution is 2.48. The summed E-state index contributed by atoms with van der Waals surface area (Å²) in [5, 5.41) is 2.33. The van der Waals surface area contributed by atoms with E-state index in [1.54, 1.807) is 0 Å². The maximum Gasteiger partial charge on any atom is 0.178 e. The highest BCUT2D eigenvalue weighted by Gasteiger charge is 2.28. The first-order valence-electron chi connectivity index (χ1n) is 12.0. The molecule has 9 rings (SSSR count). The molecule has 0 amide bonds. The van der Waals surface area contributed by atoms with Crippen molar-refractivity contribution in [1.82, 2.24) is 19.4 Å². The van der Waals surface area contributed by atoms with Crippen molar-refractivity contribution in [3.8, 4) is 22.3 Å². The van der Waals surface area contributed by atoms with Gasteiger partial charge in [0.05, 0.1) is 16.6 Å². The standard InChI is InChI=1S/C31H18N4/c1-2-6-21-17(5-1)13-19-15-20-14-18-9-10-22-28(27(18)24(20)16-23(19)21)31-34-30-26(8-4-12-33-30)35(31)25-7-3-11-32-29(22)25/h1-12,15-16H,13-14H2. The maximum absolute atomic E-state index is 5.08. The van der Waals surface area contributed by atoms with E-state index in [0.29, 0.717) is 0 Å². The molecule has 0 unspecified atom stereocenters. The molecule has 0 aliphatic heterocycles. The predicted molar refractivity (Wildman–Crippen MR) is 140 cm³/mol. The van der Waals surface area contributed by atoms with Gasteiger partial charge in [-0.15, -0.1) is 0 Å². The molecule has 0 saturated carbocycles. The van der Waals surface area contributed by atoms with E-state index in [-0.39, 0.29) is 0 Å². The Hall–Kier alpha value is -4.57. The maximum atomic E-state index is 5.08. The molecule has 4 nitrogen and oxygen atoms in total. The molecule has 0 saturated heterocycles. The third-order valence-corrected chi connectivity index (χ3v) is 7.90. The first-order chi connectivity index (χ1) is 17.3. The molecular weight excluding hydrogens is 428 g/mol. The second-order valence-electron chi connectivity index (χ2n) is 9.69. The molecule has 0 spiro atoms. The Morgan fingerprint density at radius 1 is 0.629 bits per heavy atom. The first kappa shape index (κ1) is 17.8. The molecule has 0 bridgehead atoms. The summed E-state index contributed by atoms with van der Waals surface area (Å²) in [6, 6.07) is 26.4. The molecule has 0 fully saturated rings. The van der Waals surface area contributed by atoms with Gasteiger partial charge in [0.1, 0.15) is 5.65 Å². The summed E-state index contributed by atoms with van der Waals surface area (Å²) in [6.45, 7) is 0. The van der Waals surface area contributed by atoms with Crippen molar-refractivity contribution in [3.05, 3.63) is 107 Å². The van der Waals surface area contributed by atoms with E-state index < -0.39 is 0 Å². The monoisotopic (exact) mass is 446 g/mol. The van der Waals surface area contributed by atoms with E-state index in [2.05, 4.69) is 70.0 Å². The molecule has 7 aromatic rings. The molecule has 4 heteroatoms. The number of fused-ring (bicyclic) bond motifs is 15. The molecular formula is C31H18N4. The molecule has 0 atom stereocenters. The topological polar surface area (TPSA) is 43.1 Å². The van der Waals surface area contributed by atoms with E-state index in [1.165, 1.54) is 49.9 Å². The Balaban J connectivity index is 1.48. The van der Waals surface area contributed by atoms with Crippen molar-refractivity contribution in [1.29, 1.82) is 0 Å². The van der Waals surface area contributed by atoms with Gasteiger partial charge in [-0.1, -0.05) is 42.5 Å². The van der Waals surface area contributed by atoms with E-state index in [4.69, 9.17) is 9.97 Å². The van der Waals surface area contributed by atoms with Gasteiger partial charge in [-0.05, 0) is 87.7 Å². The zero-order valence-electron chi connectivity index (χ0n) is 18.8. The number of nitrogens with zero attached hydrogens (tertiary/aromatic N) is 4. The van der Waals surface area contributed by atoms with Crippen molar-refractivity contribution < 1.29 is 0 Å². The Labute approximate surface area is 200 Å². The van der Waals surface area contributed by atoms with Crippen LogP contribution in [0, 0.1) is 0 Å². The van der Waals surface area contributed by atoms with Gasteiger partial charge in [-0.3, -0.25) is 9.38 Å². The van der Waals surface area contributed by atoms with Gasteiger partial charge in [0, 0.05) is 23.2 Å². The Morgan fingerprint density at radius 3 is 2.43 bits per heavy atom. The van der Waals surface area contributed by atoms with Gasteiger partial charge in [0.25, 0.3) is 0 Å². The van der Waals surface area contributed by atoms with E-state index >= 15 is 0 Å². The molecule has 0 N–H and O–H groups in total. The van der Waals surface area contributed by atoms with Crippen LogP contribution in [-0.2, 0) is 12.8 Å². The second kappa shape index (κ2) is 6.10. The van der Waals surface area contributed by atoms with Gasteiger partial charge >= 0.3 is 0 Å². The van der Waals surface area contributed by atoms with Crippen LogP contribution in [0.2, 0.25) is 0 Å². The average Bonchev–Trinajstić information content (AvgIpc) is 3.58. The van der Waals surface area contributed by atoms with Crippen LogP contribution in [0.3, 0.4) is 0 Å². The fourth-order valence-electron chi connectivity index (χ4n) is 6.46. The van der Waals surface area contributed by atoms with Crippen LogP contribution >= 0.6 is 0 Å². The number of pyridine rings is 3. The third-order valence-electron chi connectivity index (χ3n) is 7.90. The van der Waals surface area contributed by atoms with E-state index in [9.17, 15) is 0 Å². The minimum atomic E-state index is 0.767. The second-order valence-corrected chi connectivity index (χ2v) is 9.69. The lowest BCUT2D eigenvalue weighted by Gasteiger charge is -2.13. The fourth-order valence-corrected chi connectivity index (χ4v) is 6.46. The van der Waals surface area contributed by atoms with Crippen LogP contribution in [0.15, 0.2) is 85.2 Å². The summed E-state index contributed by atoms with van der Waals surface area (Å²) in [7, 11) is 0. The summed E-state index contributed by atoms with van der Waals surface area (Å²) in [5.74, 6) is 0. The average molecular weight is 447 g/mol. The molecule has 35 heavy (non-hydrogen) atoms. The van der Waals surface area contributed by atoms with E-state index in [0.717, 1.165) is 46.1 Å².